The molecular weight excluding hydrogens is 311 g/mol. The molecule has 1 aliphatic heterocycles. The van der Waals surface area contributed by atoms with E-state index in [2.05, 4.69) is 0 Å². The van der Waals surface area contributed by atoms with Crippen molar-refractivity contribution in [2.24, 2.45) is 5.92 Å². The van der Waals surface area contributed by atoms with E-state index in [0.717, 1.165) is 12.1 Å². The van der Waals surface area contributed by atoms with Crippen LogP contribution in [-0.4, -0.2) is 41.2 Å². The third-order valence-electron chi connectivity index (χ3n) is 4.01. The van der Waals surface area contributed by atoms with Crippen molar-refractivity contribution in [3.63, 3.8) is 0 Å². The SMILES string of the molecule is C[C@H](Oc1ccc(C(F)(F)F)cc1)C(=O)N1CC[C@@H](O)[C@H](C)C1. The van der Waals surface area contributed by atoms with Crippen molar-refractivity contribution in [1.82, 2.24) is 4.90 Å². The minimum Gasteiger partial charge on any atom is -0.481 e. The van der Waals surface area contributed by atoms with Crippen molar-refractivity contribution >= 4 is 5.91 Å². The zero-order chi connectivity index (χ0) is 17.2. The first kappa shape index (κ1) is 17.6. The van der Waals surface area contributed by atoms with E-state index in [9.17, 15) is 23.1 Å². The lowest BCUT2D eigenvalue weighted by Crippen LogP contribution is -2.49. The predicted molar refractivity (Wildman–Crippen MR) is 77.9 cm³/mol. The van der Waals surface area contributed by atoms with E-state index in [1.165, 1.54) is 12.1 Å². The molecule has 3 atom stereocenters. The van der Waals surface area contributed by atoms with Crippen LogP contribution in [0.4, 0.5) is 13.2 Å². The highest BCUT2D eigenvalue weighted by Crippen LogP contribution is 2.30. The lowest BCUT2D eigenvalue weighted by Gasteiger charge is -2.35. The lowest BCUT2D eigenvalue weighted by molar-refractivity contribution is -0.141. The molecule has 0 saturated carbocycles. The number of hydrogen-bond donors (Lipinski definition) is 1. The summed E-state index contributed by atoms with van der Waals surface area (Å²) in [6, 6.07) is 4.25. The number of nitrogens with zero attached hydrogens (tertiary/aromatic N) is 1. The number of halogens is 3. The van der Waals surface area contributed by atoms with E-state index >= 15 is 0 Å². The summed E-state index contributed by atoms with van der Waals surface area (Å²) in [4.78, 5) is 13.9. The highest BCUT2D eigenvalue weighted by Gasteiger charge is 2.31. The van der Waals surface area contributed by atoms with E-state index < -0.39 is 23.9 Å². The van der Waals surface area contributed by atoms with Crippen LogP contribution in [0.15, 0.2) is 24.3 Å². The maximum atomic E-state index is 12.5. The van der Waals surface area contributed by atoms with Gasteiger partial charge in [0, 0.05) is 13.1 Å². The normalized spacial score (nSPS) is 23.5. The van der Waals surface area contributed by atoms with Crippen molar-refractivity contribution < 1.29 is 27.8 Å². The number of hydrogen-bond acceptors (Lipinski definition) is 3. The molecule has 1 fully saturated rings. The Morgan fingerprint density at radius 2 is 1.96 bits per heavy atom. The molecule has 1 amide bonds. The molecule has 1 aliphatic rings. The highest BCUT2D eigenvalue weighted by atomic mass is 19.4. The van der Waals surface area contributed by atoms with Crippen LogP contribution in [0.3, 0.4) is 0 Å². The average molecular weight is 331 g/mol. The van der Waals surface area contributed by atoms with Crippen LogP contribution in [0.2, 0.25) is 0 Å². The first-order valence-corrected chi connectivity index (χ1v) is 7.49. The Hall–Kier alpha value is -1.76. The van der Waals surface area contributed by atoms with Gasteiger partial charge in [0.25, 0.3) is 5.91 Å². The van der Waals surface area contributed by atoms with Gasteiger partial charge >= 0.3 is 6.18 Å². The van der Waals surface area contributed by atoms with Crippen LogP contribution in [0, 0.1) is 5.92 Å². The first-order chi connectivity index (χ1) is 10.7. The Balaban J connectivity index is 1.96. The molecule has 4 nitrogen and oxygen atoms in total. The quantitative estimate of drug-likeness (QED) is 0.926. The molecule has 1 N–H and O–H groups in total. The molecule has 0 unspecified atom stereocenters. The van der Waals surface area contributed by atoms with E-state index in [-0.39, 0.29) is 17.6 Å². The van der Waals surface area contributed by atoms with Crippen LogP contribution >= 0.6 is 0 Å². The average Bonchev–Trinajstić information content (AvgIpc) is 2.49. The van der Waals surface area contributed by atoms with Crippen molar-refractivity contribution in [2.45, 2.75) is 38.7 Å². The minimum absolute atomic E-state index is 0.00836. The van der Waals surface area contributed by atoms with Crippen molar-refractivity contribution in [1.29, 1.82) is 0 Å². The van der Waals surface area contributed by atoms with Crippen molar-refractivity contribution in [2.75, 3.05) is 13.1 Å². The largest absolute Gasteiger partial charge is 0.481 e. The van der Waals surface area contributed by atoms with Crippen LogP contribution in [0.5, 0.6) is 5.75 Å². The van der Waals surface area contributed by atoms with E-state index in [0.29, 0.717) is 19.5 Å². The number of aliphatic hydroxyl groups is 1. The second kappa shape index (κ2) is 6.78. The molecule has 0 aliphatic carbocycles. The summed E-state index contributed by atoms with van der Waals surface area (Å²) < 4.78 is 42.9. The fourth-order valence-electron chi connectivity index (χ4n) is 2.57. The number of aliphatic hydroxyl groups excluding tert-OH is 1. The number of carbonyl (C=O) groups is 1. The van der Waals surface area contributed by atoms with Crippen molar-refractivity contribution in [3.05, 3.63) is 29.8 Å². The zero-order valence-electron chi connectivity index (χ0n) is 13.0. The van der Waals surface area contributed by atoms with E-state index in [1.807, 2.05) is 6.92 Å². The Labute approximate surface area is 132 Å². The first-order valence-electron chi connectivity index (χ1n) is 7.49. The lowest BCUT2D eigenvalue weighted by atomic mass is 9.96. The Morgan fingerprint density at radius 1 is 1.35 bits per heavy atom. The molecule has 23 heavy (non-hydrogen) atoms. The predicted octanol–water partition coefficient (Wildman–Crippen LogP) is 2.70. The summed E-state index contributed by atoms with van der Waals surface area (Å²) in [6.45, 7) is 4.33. The fraction of sp³-hybridized carbons (Fsp3) is 0.562. The number of carbonyl (C=O) groups excluding carboxylic acids is 1. The summed E-state index contributed by atoms with van der Waals surface area (Å²) in [6.07, 6.45) is -5.09. The molecule has 128 valence electrons. The smallest absolute Gasteiger partial charge is 0.416 e. The molecule has 0 aromatic heterocycles. The molecule has 0 radical (unpaired) electrons. The van der Waals surface area contributed by atoms with Gasteiger partial charge in [-0.3, -0.25) is 4.79 Å². The molecule has 1 aromatic carbocycles. The van der Waals surface area contributed by atoms with Gasteiger partial charge in [0.15, 0.2) is 6.10 Å². The Bertz CT molecular complexity index is 544. The minimum atomic E-state index is -4.40. The summed E-state index contributed by atoms with van der Waals surface area (Å²) in [5.41, 5.74) is -0.761. The van der Waals surface area contributed by atoms with Crippen LogP contribution < -0.4 is 4.74 Å². The summed E-state index contributed by atoms with van der Waals surface area (Å²) >= 11 is 0. The number of alkyl halides is 3. The maximum Gasteiger partial charge on any atom is 0.416 e. The van der Waals surface area contributed by atoms with E-state index in [1.54, 1.807) is 11.8 Å². The Kier molecular flexibility index (Phi) is 5.19. The van der Waals surface area contributed by atoms with Gasteiger partial charge in [-0.25, -0.2) is 0 Å². The molecular formula is C16H20F3NO3. The third kappa shape index (κ3) is 4.37. The maximum absolute atomic E-state index is 12.5. The van der Waals surface area contributed by atoms with Gasteiger partial charge < -0.3 is 14.7 Å². The molecule has 7 heteroatoms. The van der Waals surface area contributed by atoms with Crippen LogP contribution in [0.1, 0.15) is 25.8 Å². The topological polar surface area (TPSA) is 49.8 Å². The van der Waals surface area contributed by atoms with Gasteiger partial charge in [-0.2, -0.15) is 13.2 Å². The second-order valence-corrected chi connectivity index (χ2v) is 5.90. The third-order valence-corrected chi connectivity index (χ3v) is 4.01. The van der Waals surface area contributed by atoms with Gasteiger partial charge in [-0.1, -0.05) is 6.92 Å². The Morgan fingerprint density at radius 3 is 2.48 bits per heavy atom. The van der Waals surface area contributed by atoms with Gasteiger partial charge in [0.05, 0.1) is 11.7 Å². The summed E-state index contributed by atoms with van der Waals surface area (Å²) in [5.74, 6) is -0.0291. The van der Waals surface area contributed by atoms with E-state index in [4.69, 9.17) is 4.74 Å². The molecule has 0 bridgehead atoms. The second-order valence-electron chi connectivity index (χ2n) is 5.90. The van der Waals surface area contributed by atoms with Crippen LogP contribution in [0.25, 0.3) is 0 Å². The monoisotopic (exact) mass is 331 g/mol. The van der Waals surface area contributed by atoms with Gasteiger partial charge in [-0.15, -0.1) is 0 Å². The number of ether oxygens (including phenoxy) is 1. The van der Waals surface area contributed by atoms with Gasteiger partial charge in [-0.05, 0) is 43.5 Å². The number of likely N-dealkylation sites (tertiary alicyclic amines) is 1. The number of amides is 1. The van der Waals surface area contributed by atoms with Gasteiger partial charge in [0.1, 0.15) is 5.75 Å². The number of piperidine rings is 1. The summed E-state index contributed by atoms with van der Waals surface area (Å²) in [5, 5.41) is 9.68. The van der Waals surface area contributed by atoms with Crippen molar-refractivity contribution in [3.8, 4) is 5.75 Å². The zero-order valence-corrected chi connectivity index (χ0v) is 13.0. The molecule has 0 spiro atoms. The summed E-state index contributed by atoms with van der Waals surface area (Å²) in [7, 11) is 0. The molecule has 1 aromatic rings. The fourth-order valence-corrected chi connectivity index (χ4v) is 2.57. The van der Waals surface area contributed by atoms with Crippen LogP contribution in [-0.2, 0) is 11.0 Å². The molecule has 1 saturated heterocycles. The standard InChI is InChI=1S/C16H20F3NO3/c1-10-9-20(8-7-14(10)21)15(22)11(2)23-13-5-3-12(4-6-13)16(17,18)19/h3-6,10-11,14,21H,7-9H2,1-2H3/t10-,11+,14-/m1/s1. The molecule has 2 rings (SSSR count). The number of benzene rings is 1. The van der Waals surface area contributed by atoms with Gasteiger partial charge in [0.2, 0.25) is 0 Å². The highest BCUT2D eigenvalue weighted by molar-refractivity contribution is 5.81. The number of rotatable bonds is 3. The molecule has 1 heterocycles.